The van der Waals surface area contributed by atoms with Crippen molar-refractivity contribution in [2.45, 2.75) is 37.9 Å². The minimum atomic E-state index is -1.08. The summed E-state index contributed by atoms with van der Waals surface area (Å²) in [7, 11) is 0. The molecule has 17 nitrogen and oxygen atoms in total. The van der Waals surface area contributed by atoms with E-state index in [2.05, 4.69) is 15.6 Å². The summed E-state index contributed by atoms with van der Waals surface area (Å²) < 4.78 is 0. The van der Waals surface area contributed by atoms with Gasteiger partial charge in [0.15, 0.2) is 0 Å². The number of hydrogen-bond acceptors (Lipinski definition) is 12. The fraction of sp³-hybridized carbons (Fsp3) is 0.444. The van der Waals surface area contributed by atoms with Crippen molar-refractivity contribution in [2.75, 3.05) is 71.2 Å². The standard InChI is InChI=1S/C27H48N10O5.C9H8N2/c28-10-14-35(15-11-29)25(40)18-37(19-26(41)36(16-12-30)17-13-31)24(39)9-7-22(32)27(42)34-23(33-20-38)8-6-21-4-2-1-3-5-21;10-8-5-7-3-1-2-4-9(7)11-6-8/h1-5,20,22-23H,6-19,28-32H2,(H,33,38)(H,34,42);1-6H,10H2. The zero-order chi connectivity index (χ0) is 39.0. The zero-order valence-corrected chi connectivity index (χ0v) is 30.3. The van der Waals surface area contributed by atoms with E-state index in [1.807, 2.05) is 60.7 Å². The summed E-state index contributed by atoms with van der Waals surface area (Å²) in [6, 6.07) is 18.3. The monoisotopic (exact) mass is 736 g/mol. The van der Waals surface area contributed by atoms with Crippen LogP contribution in [-0.2, 0) is 30.4 Å². The van der Waals surface area contributed by atoms with Crippen LogP contribution in [0, 0.1) is 0 Å². The number of aromatic nitrogens is 1. The summed E-state index contributed by atoms with van der Waals surface area (Å²) in [5.74, 6) is -1.92. The lowest BCUT2D eigenvalue weighted by Gasteiger charge is -2.29. The van der Waals surface area contributed by atoms with Crippen molar-refractivity contribution < 1.29 is 24.0 Å². The number of anilines is 1. The molecule has 0 saturated carbocycles. The molecule has 0 fully saturated rings. The molecule has 2 atom stereocenters. The minimum absolute atomic E-state index is 0.0549. The number of carbonyl (C=O) groups excluding carboxylic acids is 5. The normalized spacial score (nSPS) is 11.7. The van der Waals surface area contributed by atoms with E-state index in [4.69, 9.17) is 34.4 Å². The molecule has 0 aliphatic rings. The van der Waals surface area contributed by atoms with Crippen molar-refractivity contribution in [2.24, 2.45) is 28.7 Å². The molecule has 1 aromatic heterocycles. The molecule has 0 aliphatic carbocycles. The predicted molar refractivity (Wildman–Crippen MR) is 205 cm³/mol. The Labute approximate surface area is 310 Å². The lowest BCUT2D eigenvalue weighted by Crippen LogP contribution is -2.52. The third kappa shape index (κ3) is 16.3. The van der Waals surface area contributed by atoms with Gasteiger partial charge in [0.1, 0.15) is 19.3 Å². The lowest BCUT2D eigenvalue weighted by molar-refractivity contribution is -0.145. The zero-order valence-electron chi connectivity index (χ0n) is 30.3. The van der Waals surface area contributed by atoms with Crippen LogP contribution in [0.4, 0.5) is 5.69 Å². The van der Waals surface area contributed by atoms with Gasteiger partial charge in [-0.2, -0.15) is 0 Å². The third-order valence-corrected chi connectivity index (χ3v) is 8.07. The first-order chi connectivity index (χ1) is 25.6. The van der Waals surface area contributed by atoms with Gasteiger partial charge in [0.2, 0.25) is 30.0 Å². The van der Waals surface area contributed by atoms with Crippen LogP contribution in [0.25, 0.3) is 10.9 Å². The first-order valence-corrected chi connectivity index (χ1v) is 17.6. The maximum atomic E-state index is 13.2. The van der Waals surface area contributed by atoms with Gasteiger partial charge in [-0.25, -0.2) is 0 Å². The van der Waals surface area contributed by atoms with Gasteiger partial charge in [-0.05, 0) is 37.0 Å². The highest BCUT2D eigenvalue weighted by Gasteiger charge is 2.26. The van der Waals surface area contributed by atoms with E-state index in [-0.39, 0.29) is 78.3 Å². The summed E-state index contributed by atoms with van der Waals surface area (Å²) in [6.07, 6.45) is 2.29. The summed E-state index contributed by atoms with van der Waals surface area (Å²) in [6.45, 7) is 1.01. The molecule has 3 rings (SSSR count). The molecule has 17 heteroatoms. The second-order valence-electron chi connectivity index (χ2n) is 12.1. The second kappa shape index (κ2) is 24.9. The third-order valence-electron chi connectivity index (χ3n) is 8.07. The van der Waals surface area contributed by atoms with Crippen molar-refractivity contribution in [1.82, 2.24) is 30.3 Å². The number of fused-ring (bicyclic) bond motifs is 1. The van der Waals surface area contributed by atoms with E-state index in [1.54, 1.807) is 6.20 Å². The molecule has 53 heavy (non-hydrogen) atoms. The summed E-state index contributed by atoms with van der Waals surface area (Å²) >= 11 is 0. The summed E-state index contributed by atoms with van der Waals surface area (Å²) in [5, 5.41) is 6.35. The van der Waals surface area contributed by atoms with Crippen molar-refractivity contribution in [3.05, 3.63) is 72.4 Å². The number of benzene rings is 2. The number of nitrogen functional groups attached to an aromatic ring is 1. The van der Waals surface area contributed by atoms with Gasteiger partial charge in [-0.3, -0.25) is 29.0 Å². The number of hydrogen-bond donors (Lipinski definition) is 8. The number of carbonyl (C=O) groups is 5. The van der Waals surface area contributed by atoms with Crippen LogP contribution >= 0.6 is 0 Å². The molecule has 0 radical (unpaired) electrons. The van der Waals surface area contributed by atoms with E-state index >= 15 is 0 Å². The van der Waals surface area contributed by atoms with Crippen LogP contribution in [0.1, 0.15) is 24.8 Å². The Morgan fingerprint density at radius 3 is 1.83 bits per heavy atom. The fourth-order valence-corrected chi connectivity index (χ4v) is 5.27. The number of rotatable bonds is 22. The molecule has 0 spiro atoms. The molecule has 1 heterocycles. The number of para-hydroxylation sites is 1. The van der Waals surface area contributed by atoms with Crippen LogP contribution in [-0.4, -0.2) is 127 Å². The first-order valence-electron chi connectivity index (χ1n) is 17.6. The number of amides is 5. The van der Waals surface area contributed by atoms with E-state index in [1.165, 1.54) is 9.80 Å². The fourth-order valence-electron chi connectivity index (χ4n) is 5.27. The molecule has 2 aromatic carbocycles. The van der Waals surface area contributed by atoms with Crippen LogP contribution in [0.2, 0.25) is 0 Å². The smallest absolute Gasteiger partial charge is 0.242 e. The average molecular weight is 737 g/mol. The SMILES string of the molecule is NCCN(CCN)C(=O)CN(CC(=O)N(CCN)CCN)C(=O)CCC(N)C(=O)NC(CCc1ccccc1)NC=O.Nc1cnc2ccccc2c1. The van der Waals surface area contributed by atoms with Gasteiger partial charge < -0.3 is 59.7 Å². The topological polar surface area (TPSA) is 288 Å². The van der Waals surface area contributed by atoms with Gasteiger partial charge in [0.05, 0.1) is 23.4 Å². The molecule has 5 amide bonds. The van der Waals surface area contributed by atoms with Crippen LogP contribution < -0.4 is 45.0 Å². The maximum absolute atomic E-state index is 13.2. The highest BCUT2D eigenvalue weighted by molar-refractivity contribution is 5.90. The number of aryl methyl sites for hydroxylation is 1. The quantitative estimate of drug-likeness (QED) is 0.0413. The largest absolute Gasteiger partial charge is 0.397 e. The number of nitrogens with two attached hydrogens (primary N) is 6. The number of nitrogens with one attached hydrogen (secondary N) is 2. The molecule has 3 aromatic rings. The van der Waals surface area contributed by atoms with Gasteiger partial charge in [-0.15, -0.1) is 0 Å². The molecule has 0 bridgehead atoms. The van der Waals surface area contributed by atoms with Crippen molar-refractivity contribution in [1.29, 1.82) is 0 Å². The Kier molecular flexibility index (Phi) is 20.6. The average Bonchev–Trinajstić information content (AvgIpc) is 3.16. The van der Waals surface area contributed by atoms with Crippen molar-refractivity contribution >= 4 is 46.6 Å². The van der Waals surface area contributed by atoms with Gasteiger partial charge in [-0.1, -0.05) is 48.5 Å². The van der Waals surface area contributed by atoms with Crippen LogP contribution in [0.3, 0.4) is 0 Å². The number of nitrogens with zero attached hydrogens (tertiary/aromatic N) is 4. The van der Waals surface area contributed by atoms with Crippen LogP contribution in [0.5, 0.6) is 0 Å². The molecule has 0 aliphatic heterocycles. The molecule has 14 N–H and O–H groups in total. The Balaban J connectivity index is 0.000000739. The molecule has 290 valence electrons. The Hall–Kier alpha value is -5.20. The second-order valence-corrected chi connectivity index (χ2v) is 12.1. The Morgan fingerprint density at radius 1 is 0.736 bits per heavy atom. The molecular weight excluding hydrogens is 680 g/mol. The highest BCUT2D eigenvalue weighted by atomic mass is 16.2. The molecule has 0 saturated heterocycles. The van der Waals surface area contributed by atoms with E-state index < -0.39 is 35.8 Å². The first kappa shape index (κ1) is 44.0. The van der Waals surface area contributed by atoms with Crippen molar-refractivity contribution in [3.63, 3.8) is 0 Å². The number of pyridine rings is 1. The van der Waals surface area contributed by atoms with Crippen molar-refractivity contribution in [3.8, 4) is 0 Å². The Bertz CT molecular complexity index is 1520. The maximum Gasteiger partial charge on any atom is 0.242 e. The van der Waals surface area contributed by atoms with Gasteiger partial charge >= 0.3 is 0 Å². The minimum Gasteiger partial charge on any atom is -0.397 e. The predicted octanol–water partition coefficient (Wildman–Crippen LogP) is -1.95. The van der Waals surface area contributed by atoms with Gasteiger partial charge in [0.25, 0.3) is 0 Å². The summed E-state index contributed by atoms with van der Waals surface area (Å²) in [4.78, 5) is 71.1. The summed E-state index contributed by atoms with van der Waals surface area (Å²) in [5.41, 5.74) is 36.8. The van der Waals surface area contributed by atoms with E-state index in [0.717, 1.165) is 21.4 Å². The Morgan fingerprint density at radius 2 is 1.28 bits per heavy atom. The van der Waals surface area contributed by atoms with Gasteiger partial charge in [0, 0.05) is 64.2 Å². The van der Waals surface area contributed by atoms with Crippen LogP contribution in [0.15, 0.2) is 66.9 Å². The van der Waals surface area contributed by atoms with E-state index in [0.29, 0.717) is 24.9 Å². The van der Waals surface area contributed by atoms with E-state index in [9.17, 15) is 24.0 Å². The highest BCUT2D eigenvalue weighted by Crippen LogP contribution is 2.13. The lowest BCUT2D eigenvalue weighted by atomic mass is 10.1. The molecule has 2 unspecified atom stereocenters. The molecular formula is C36H56N12O5.